The molecule has 2 aromatic rings. The molecule has 0 aliphatic carbocycles. The van der Waals surface area contributed by atoms with E-state index in [-0.39, 0.29) is 11.3 Å². The van der Waals surface area contributed by atoms with Crippen molar-refractivity contribution in [3.05, 3.63) is 53.2 Å². The third-order valence-electron chi connectivity index (χ3n) is 3.53. The molecule has 1 aromatic carbocycles. The topological polar surface area (TPSA) is 91.8 Å². The number of amides is 1. The SMILES string of the molecule is CC(C)(C)c1nc(C(C)(C)NC(=O)/C=C\c2ccc(C#N)cc2)no1. The molecule has 25 heavy (non-hydrogen) atoms. The Kier molecular flexibility index (Phi) is 5.07. The first-order valence-corrected chi connectivity index (χ1v) is 7.97. The number of hydrogen-bond acceptors (Lipinski definition) is 5. The number of carbonyl (C=O) groups is 1. The van der Waals surface area contributed by atoms with Crippen molar-refractivity contribution >= 4 is 12.0 Å². The van der Waals surface area contributed by atoms with Gasteiger partial charge in [-0.1, -0.05) is 38.1 Å². The Labute approximate surface area is 147 Å². The molecule has 0 radical (unpaired) electrons. The highest BCUT2D eigenvalue weighted by Gasteiger charge is 2.30. The summed E-state index contributed by atoms with van der Waals surface area (Å²) in [4.78, 5) is 16.6. The zero-order chi connectivity index (χ0) is 18.7. The molecule has 0 aliphatic rings. The fourth-order valence-electron chi connectivity index (χ4n) is 2.03. The number of nitriles is 1. The van der Waals surface area contributed by atoms with Crippen molar-refractivity contribution in [3.63, 3.8) is 0 Å². The van der Waals surface area contributed by atoms with Crippen LogP contribution in [0.1, 0.15) is 57.5 Å². The van der Waals surface area contributed by atoms with Gasteiger partial charge in [-0.25, -0.2) is 0 Å². The zero-order valence-corrected chi connectivity index (χ0v) is 15.1. The van der Waals surface area contributed by atoms with Crippen molar-refractivity contribution in [2.75, 3.05) is 0 Å². The van der Waals surface area contributed by atoms with E-state index in [2.05, 4.69) is 21.5 Å². The van der Waals surface area contributed by atoms with Crippen LogP contribution >= 0.6 is 0 Å². The summed E-state index contributed by atoms with van der Waals surface area (Å²) in [6.07, 6.45) is 3.12. The Hall–Kier alpha value is -2.94. The highest BCUT2D eigenvalue weighted by molar-refractivity contribution is 5.92. The van der Waals surface area contributed by atoms with E-state index in [1.807, 2.05) is 34.6 Å². The average Bonchev–Trinajstić information content (AvgIpc) is 3.04. The minimum absolute atomic E-state index is 0.249. The first-order chi connectivity index (χ1) is 11.6. The lowest BCUT2D eigenvalue weighted by Crippen LogP contribution is -2.41. The molecule has 1 N–H and O–H groups in total. The number of hydrogen-bond donors (Lipinski definition) is 1. The van der Waals surface area contributed by atoms with Crippen LogP contribution in [0, 0.1) is 11.3 Å². The van der Waals surface area contributed by atoms with Gasteiger partial charge in [-0.2, -0.15) is 10.2 Å². The van der Waals surface area contributed by atoms with E-state index in [4.69, 9.17) is 9.78 Å². The summed E-state index contributed by atoms with van der Waals surface area (Å²) in [5, 5.41) is 15.6. The molecule has 0 bridgehead atoms. The zero-order valence-electron chi connectivity index (χ0n) is 15.1. The molecule has 1 amide bonds. The molecule has 0 unspecified atom stereocenters. The van der Waals surface area contributed by atoms with E-state index < -0.39 is 5.54 Å². The molecule has 0 saturated heterocycles. The van der Waals surface area contributed by atoms with Gasteiger partial charge in [0.2, 0.25) is 11.8 Å². The minimum Gasteiger partial charge on any atom is -0.340 e. The van der Waals surface area contributed by atoms with Gasteiger partial charge in [0, 0.05) is 11.5 Å². The molecule has 130 valence electrons. The van der Waals surface area contributed by atoms with E-state index in [9.17, 15) is 4.79 Å². The predicted molar refractivity (Wildman–Crippen MR) is 94.4 cm³/mol. The van der Waals surface area contributed by atoms with Gasteiger partial charge in [0.05, 0.1) is 17.2 Å². The fraction of sp³-hybridized carbons (Fsp3) is 0.368. The van der Waals surface area contributed by atoms with Gasteiger partial charge in [-0.15, -0.1) is 0 Å². The second-order valence-corrected chi connectivity index (χ2v) is 7.35. The van der Waals surface area contributed by atoms with Crippen molar-refractivity contribution in [1.29, 1.82) is 5.26 Å². The number of nitrogens with one attached hydrogen (secondary N) is 1. The van der Waals surface area contributed by atoms with E-state index in [1.54, 1.807) is 30.3 Å². The average molecular weight is 338 g/mol. The molecule has 6 nitrogen and oxygen atoms in total. The smallest absolute Gasteiger partial charge is 0.244 e. The molecule has 6 heteroatoms. The molecule has 0 atom stereocenters. The summed E-state index contributed by atoms with van der Waals surface area (Å²) in [5.74, 6) is 0.687. The molecule has 0 saturated carbocycles. The summed E-state index contributed by atoms with van der Waals surface area (Å²) in [5.41, 5.74) is 0.399. The molecular formula is C19H22N4O2. The Bertz CT molecular complexity index is 818. The third kappa shape index (κ3) is 4.77. The molecule has 2 rings (SSSR count). The number of aromatic nitrogens is 2. The van der Waals surface area contributed by atoms with Gasteiger partial charge in [0.15, 0.2) is 5.82 Å². The number of nitrogens with zero attached hydrogens (tertiary/aromatic N) is 3. The largest absolute Gasteiger partial charge is 0.340 e. The van der Waals surface area contributed by atoms with Crippen molar-refractivity contribution in [2.45, 2.75) is 45.6 Å². The standard InChI is InChI=1S/C19H22N4O2/c1-18(2,3)17-21-16(23-25-17)19(4,5)22-15(24)11-10-13-6-8-14(12-20)9-7-13/h6-11H,1-5H3,(H,22,24)/b11-10-. The van der Waals surface area contributed by atoms with Crippen LogP contribution in [0.15, 0.2) is 34.9 Å². The Balaban J connectivity index is 2.06. The van der Waals surface area contributed by atoms with Crippen LogP contribution in [0.2, 0.25) is 0 Å². The maximum Gasteiger partial charge on any atom is 0.244 e. The van der Waals surface area contributed by atoms with Crippen molar-refractivity contribution in [3.8, 4) is 6.07 Å². The number of rotatable bonds is 4. The second kappa shape index (κ2) is 6.89. The normalized spacial score (nSPS) is 12.2. The number of benzene rings is 1. The van der Waals surface area contributed by atoms with Crippen LogP contribution in [-0.4, -0.2) is 16.0 Å². The molecule has 1 heterocycles. The number of carbonyl (C=O) groups excluding carboxylic acids is 1. The van der Waals surface area contributed by atoms with Gasteiger partial charge in [-0.3, -0.25) is 4.79 Å². The van der Waals surface area contributed by atoms with Crippen molar-refractivity contribution < 1.29 is 9.32 Å². The predicted octanol–water partition coefficient (Wildman–Crippen LogP) is 3.30. The first kappa shape index (κ1) is 18.4. The van der Waals surface area contributed by atoms with E-state index in [1.165, 1.54) is 6.08 Å². The summed E-state index contributed by atoms with van der Waals surface area (Å²) in [6, 6.07) is 9.02. The molecule has 0 aliphatic heterocycles. The highest BCUT2D eigenvalue weighted by atomic mass is 16.5. The quantitative estimate of drug-likeness (QED) is 0.864. The van der Waals surface area contributed by atoms with Gasteiger partial charge >= 0.3 is 0 Å². The van der Waals surface area contributed by atoms with Crippen LogP contribution in [0.25, 0.3) is 6.08 Å². The van der Waals surface area contributed by atoms with Crippen LogP contribution < -0.4 is 5.32 Å². The van der Waals surface area contributed by atoms with Gasteiger partial charge in [-0.05, 0) is 37.6 Å². The summed E-state index contributed by atoms with van der Waals surface area (Å²) >= 11 is 0. The third-order valence-corrected chi connectivity index (χ3v) is 3.53. The van der Waals surface area contributed by atoms with E-state index >= 15 is 0 Å². The summed E-state index contributed by atoms with van der Waals surface area (Å²) in [6.45, 7) is 9.58. The van der Waals surface area contributed by atoms with Crippen LogP contribution in [0.5, 0.6) is 0 Å². The molecular weight excluding hydrogens is 316 g/mol. The highest BCUT2D eigenvalue weighted by Crippen LogP contribution is 2.23. The van der Waals surface area contributed by atoms with Crippen LogP contribution in [-0.2, 0) is 15.7 Å². The van der Waals surface area contributed by atoms with Crippen LogP contribution in [0.4, 0.5) is 0 Å². The molecule has 1 aromatic heterocycles. The van der Waals surface area contributed by atoms with E-state index in [0.29, 0.717) is 17.3 Å². The van der Waals surface area contributed by atoms with Gasteiger partial charge in [0.1, 0.15) is 0 Å². The summed E-state index contributed by atoms with van der Waals surface area (Å²) in [7, 11) is 0. The minimum atomic E-state index is -0.765. The van der Waals surface area contributed by atoms with Crippen molar-refractivity contribution in [2.24, 2.45) is 0 Å². The maximum absolute atomic E-state index is 12.2. The van der Waals surface area contributed by atoms with Crippen LogP contribution in [0.3, 0.4) is 0 Å². The Morgan fingerprint density at radius 1 is 1.20 bits per heavy atom. The molecule has 0 fully saturated rings. The second-order valence-electron chi connectivity index (χ2n) is 7.35. The lowest BCUT2D eigenvalue weighted by molar-refractivity contribution is -0.118. The van der Waals surface area contributed by atoms with Crippen molar-refractivity contribution in [1.82, 2.24) is 15.5 Å². The van der Waals surface area contributed by atoms with Gasteiger partial charge in [0.25, 0.3) is 0 Å². The van der Waals surface area contributed by atoms with Gasteiger partial charge < -0.3 is 9.84 Å². The fourth-order valence-corrected chi connectivity index (χ4v) is 2.03. The first-order valence-electron chi connectivity index (χ1n) is 7.97. The Morgan fingerprint density at radius 2 is 1.84 bits per heavy atom. The maximum atomic E-state index is 12.2. The lowest BCUT2D eigenvalue weighted by Gasteiger charge is -2.21. The lowest BCUT2D eigenvalue weighted by atomic mass is 9.97. The Morgan fingerprint density at radius 3 is 2.36 bits per heavy atom. The summed E-state index contributed by atoms with van der Waals surface area (Å²) < 4.78 is 5.29. The monoisotopic (exact) mass is 338 g/mol. The van der Waals surface area contributed by atoms with E-state index in [0.717, 1.165) is 5.56 Å². The molecule has 0 spiro atoms.